The van der Waals surface area contributed by atoms with E-state index in [2.05, 4.69) is 22.0 Å². The first-order valence-electron chi connectivity index (χ1n) is 10.1. The van der Waals surface area contributed by atoms with Gasteiger partial charge in [-0.25, -0.2) is 0 Å². The SMILES string of the molecule is CCc1ccccc1NC(=O)CN1CCN(C[C@](C)(O)c2ccccc2)CC1. The average Bonchev–Trinajstić information content (AvgIpc) is 2.70. The van der Waals surface area contributed by atoms with Crippen LogP contribution in [0.5, 0.6) is 0 Å². The van der Waals surface area contributed by atoms with Gasteiger partial charge in [0.1, 0.15) is 0 Å². The molecule has 1 saturated heterocycles. The van der Waals surface area contributed by atoms with Gasteiger partial charge in [-0.15, -0.1) is 0 Å². The lowest BCUT2D eigenvalue weighted by Crippen LogP contribution is -2.51. The van der Waals surface area contributed by atoms with Gasteiger partial charge >= 0.3 is 0 Å². The molecule has 3 rings (SSSR count). The molecule has 150 valence electrons. The molecule has 2 aromatic rings. The fraction of sp³-hybridized carbons (Fsp3) is 0.435. The Labute approximate surface area is 168 Å². The molecule has 1 atom stereocenters. The molecule has 0 bridgehead atoms. The number of hydrogen-bond acceptors (Lipinski definition) is 4. The minimum atomic E-state index is -0.870. The van der Waals surface area contributed by atoms with Crippen molar-refractivity contribution in [2.45, 2.75) is 25.9 Å². The molecule has 2 N–H and O–H groups in total. The van der Waals surface area contributed by atoms with Gasteiger partial charge in [0.15, 0.2) is 0 Å². The van der Waals surface area contributed by atoms with Crippen molar-refractivity contribution in [3.8, 4) is 0 Å². The van der Waals surface area contributed by atoms with Gasteiger partial charge in [0.05, 0.1) is 12.1 Å². The molecule has 0 aromatic heterocycles. The minimum absolute atomic E-state index is 0.0330. The zero-order valence-corrected chi connectivity index (χ0v) is 16.9. The molecule has 5 nitrogen and oxygen atoms in total. The number of aliphatic hydroxyl groups is 1. The van der Waals surface area contributed by atoms with E-state index in [4.69, 9.17) is 0 Å². The van der Waals surface area contributed by atoms with E-state index in [1.165, 1.54) is 0 Å². The fourth-order valence-corrected chi connectivity index (χ4v) is 3.77. The molecule has 28 heavy (non-hydrogen) atoms. The maximum absolute atomic E-state index is 12.4. The Hall–Kier alpha value is -2.21. The number of nitrogens with zero attached hydrogens (tertiary/aromatic N) is 2. The average molecular weight is 382 g/mol. The highest BCUT2D eigenvalue weighted by atomic mass is 16.3. The monoisotopic (exact) mass is 381 g/mol. The molecule has 1 amide bonds. The molecule has 2 aromatic carbocycles. The summed E-state index contributed by atoms with van der Waals surface area (Å²) in [6, 6.07) is 17.8. The molecule has 5 heteroatoms. The van der Waals surface area contributed by atoms with E-state index in [-0.39, 0.29) is 5.91 Å². The number of carbonyl (C=O) groups is 1. The number of hydrogen-bond donors (Lipinski definition) is 2. The maximum atomic E-state index is 12.4. The molecule has 0 saturated carbocycles. The Morgan fingerprint density at radius 3 is 2.29 bits per heavy atom. The van der Waals surface area contributed by atoms with Crippen molar-refractivity contribution >= 4 is 11.6 Å². The summed E-state index contributed by atoms with van der Waals surface area (Å²) in [5, 5.41) is 13.9. The maximum Gasteiger partial charge on any atom is 0.238 e. The van der Waals surface area contributed by atoms with Crippen molar-refractivity contribution in [2.24, 2.45) is 0 Å². The molecule has 1 fully saturated rings. The first-order chi connectivity index (χ1) is 13.5. The van der Waals surface area contributed by atoms with Crippen LogP contribution in [0.25, 0.3) is 0 Å². The van der Waals surface area contributed by atoms with Gasteiger partial charge in [0.25, 0.3) is 0 Å². The van der Waals surface area contributed by atoms with E-state index in [1.807, 2.05) is 61.5 Å². The predicted molar refractivity (Wildman–Crippen MR) is 113 cm³/mol. The Morgan fingerprint density at radius 2 is 1.61 bits per heavy atom. The smallest absolute Gasteiger partial charge is 0.238 e. The molecule has 1 aliphatic rings. The number of piperazine rings is 1. The predicted octanol–water partition coefficient (Wildman–Crippen LogP) is 2.71. The quantitative estimate of drug-likeness (QED) is 0.774. The second-order valence-electron chi connectivity index (χ2n) is 7.75. The first kappa shape index (κ1) is 20.5. The van der Waals surface area contributed by atoms with E-state index in [9.17, 15) is 9.90 Å². The molecule has 0 unspecified atom stereocenters. The van der Waals surface area contributed by atoms with Crippen molar-refractivity contribution in [1.29, 1.82) is 0 Å². The highest BCUT2D eigenvalue weighted by molar-refractivity contribution is 5.93. The van der Waals surface area contributed by atoms with E-state index in [0.29, 0.717) is 13.1 Å². The van der Waals surface area contributed by atoms with Crippen LogP contribution >= 0.6 is 0 Å². The van der Waals surface area contributed by atoms with Gasteiger partial charge in [0.2, 0.25) is 5.91 Å². The summed E-state index contributed by atoms with van der Waals surface area (Å²) in [4.78, 5) is 16.9. The van der Waals surface area contributed by atoms with Gasteiger partial charge in [0, 0.05) is 38.4 Å². The van der Waals surface area contributed by atoms with E-state index in [0.717, 1.165) is 49.4 Å². The van der Waals surface area contributed by atoms with E-state index >= 15 is 0 Å². The van der Waals surface area contributed by atoms with Gasteiger partial charge in [-0.2, -0.15) is 0 Å². The number of para-hydroxylation sites is 1. The van der Waals surface area contributed by atoms with Crippen LogP contribution in [0.1, 0.15) is 25.0 Å². The lowest BCUT2D eigenvalue weighted by molar-refractivity contribution is -0.117. The molecular formula is C23H31N3O2. The molecule has 0 aliphatic carbocycles. The molecule has 1 heterocycles. The number of carbonyl (C=O) groups excluding carboxylic acids is 1. The molecule has 0 spiro atoms. The van der Waals surface area contributed by atoms with Crippen LogP contribution in [0, 0.1) is 0 Å². The number of nitrogens with one attached hydrogen (secondary N) is 1. The van der Waals surface area contributed by atoms with Crippen LogP contribution < -0.4 is 5.32 Å². The van der Waals surface area contributed by atoms with Crippen LogP contribution in [-0.2, 0) is 16.8 Å². The third-order valence-electron chi connectivity index (χ3n) is 5.43. The van der Waals surface area contributed by atoms with Gasteiger partial charge in [-0.1, -0.05) is 55.5 Å². The summed E-state index contributed by atoms with van der Waals surface area (Å²) in [5.41, 5.74) is 2.13. The van der Waals surface area contributed by atoms with Gasteiger partial charge < -0.3 is 10.4 Å². The summed E-state index contributed by atoms with van der Waals surface area (Å²) in [7, 11) is 0. The third-order valence-corrected chi connectivity index (χ3v) is 5.43. The highest BCUT2D eigenvalue weighted by Crippen LogP contribution is 2.22. The summed E-state index contributed by atoms with van der Waals surface area (Å²) in [6.07, 6.45) is 0.899. The Bertz CT molecular complexity index is 768. The highest BCUT2D eigenvalue weighted by Gasteiger charge is 2.28. The topological polar surface area (TPSA) is 55.8 Å². The van der Waals surface area contributed by atoms with Crippen molar-refractivity contribution in [1.82, 2.24) is 9.80 Å². The van der Waals surface area contributed by atoms with Gasteiger partial charge in [-0.3, -0.25) is 14.6 Å². The molecule has 0 radical (unpaired) electrons. The lowest BCUT2D eigenvalue weighted by Gasteiger charge is -2.38. The number of amides is 1. The number of rotatable bonds is 7. The van der Waals surface area contributed by atoms with Crippen LogP contribution in [0.4, 0.5) is 5.69 Å². The van der Waals surface area contributed by atoms with Crippen molar-refractivity contribution in [3.05, 3.63) is 65.7 Å². The standard InChI is InChI=1S/C23H31N3O2/c1-3-19-9-7-8-12-21(19)24-22(27)17-25-13-15-26(16-14-25)18-23(2,28)20-10-5-4-6-11-20/h4-12,28H,3,13-18H2,1-2H3,(H,24,27)/t23-/m0/s1. The second-order valence-corrected chi connectivity index (χ2v) is 7.75. The van der Waals surface area contributed by atoms with Crippen molar-refractivity contribution in [3.63, 3.8) is 0 Å². The van der Waals surface area contributed by atoms with Crippen LogP contribution in [0.15, 0.2) is 54.6 Å². The Kier molecular flexibility index (Phi) is 6.83. The van der Waals surface area contributed by atoms with Crippen LogP contribution in [-0.4, -0.2) is 60.1 Å². The summed E-state index contributed by atoms with van der Waals surface area (Å²) < 4.78 is 0. The number of aryl methyl sites for hydroxylation is 1. The second kappa shape index (κ2) is 9.32. The van der Waals surface area contributed by atoms with Gasteiger partial charge in [-0.05, 0) is 30.5 Å². The largest absolute Gasteiger partial charge is 0.384 e. The number of anilines is 1. The molecule has 1 aliphatic heterocycles. The summed E-state index contributed by atoms with van der Waals surface area (Å²) in [6.45, 7) is 8.31. The number of benzene rings is 2. The van der Waals surface area contributed by atoms with Crippen molar-refractivity contribution in [2.75, 3.05) is 44.6 Å². The zero-order chi connectivity index (χ0) is 20.0. The van der Waals surface area contributed by atoms with E-state index in [1.54, 1.807) is 0 Å². The third kappa shape index (κ3) is 5.41. The first-order valence-corrected chi connectivity index (χ1v) is 10.1. The van der Waals surface area contributed by atoms with Crippen molar-refractivity contribution < 1.29 is 9.90 Å². The van der Waals surface area contributed by atoms with Crippen LogP contribution in [0.2, 0.25) is 0 Å². The molecular weight excluding hydrogens is 350 g/mol. The van der Waals surface area contributed by atoms with Crippen LogP contribution in [0.3, 0.4) is 0 Å². The lowest BCUT2D eigenvalue weighted by atomic mass is 9.95. The van der Waals surface area contributed by atoms with E-state index < -0.39 is 5.60 Å². The Balaban J connectivity index is 1.47. The normalized spacial score (nSPS) is 17.8. The summed E-state index contributed by atoms with van der Waals surface area (Å²) >= 11 is 0. The minimum Gasteiger partial charge on any atom is -0.384 e. The number of β-amino-alcohol motifs (C(OH)–C–C–N with tert-alkyl or cyclic N) is 1. The Morgan fingerprint density at radius 1 is 1.00 bits per heavy atom. The fourth-order valence-electron chi connectivity index (χ4n) is 3.77. The summed E-state index contributed by atoms with van der Waals surface area (Å²) in [5.74, 6) is 0.0330. The zero-order valence-electron chi connectivity index (χ0n) is 16.9.